The number of sulfone groups is 1. The Balaban J connectivity index is 2.50. The fourth-order valence-electron chi connectivity index (χ4n) is 1.61. The number of hydrogen-bond donors (Lipinski definition) is 1. The molecule has 1 heterocycles. The maximum absolute atomic E-state index is 13.9. The summed E-state index contributed by atoms with van der Waals surface area (Å²) in [5.41, 5.74) is -1.34. The van der Waals surface area contributed by atoms with E-state index in [-0.39, 0.29) is 11.8 Å². The molecular formula is C11H8F2N2O5S. The summed E-state index contributed by atoms with van der Waals surface area (Å²) >= 11 is 0. The Kier molecular flexibility index (Phi) is 3.73. The lowest BCUT2D eigenvalue weighted by Crippen LogP contribution is -2.13. The van der Waals surface area contributed by atoms with Crippen molar-refractivity contribution in [2.45, 2.75) is 17.6 Å². The van der Waals surface area contributed by atoms with E-state index in [4.69, 9.17) is 9.52 Å². The zero-order chi connectivity index (χ0) is 15.8. The lowest BCUT2D eigenvalue weighted by Gasteiger charge is -2.06. The van der Waals surface area contributed by atoms with Crippen LogP contribution in [0.3, 0.4) is 0 Å². The monoisotopic (exact) mass is 318 g/mol. The number of carboxylic acid groups (broad SMARTS) is 1. The molecule has 0 aliphatic heterocycles. The van der Waals surface area contributed by atoms with Gasteiger partial charge in [0.2, 0.25) is 11.8 Å². The smallest absolute Gasteiger partial charge is 0.341 e. The van der Waals surface area contributed by atoms with Crippen LogP contribution in [0.5, 0.6) is 0 Å². The number of aromatic nitrogens is 2. The maximum Gasteiger partial charge on any atom is 0.341 e. The first-order valence-corrected chi connectivity index (χ1v) is 7.10. The van der Waals surface area contributed by atoms with E-state index < -0.39 is 43.7 Å². The molecule has 2 rings (SSSR count). The van der Waals surface area contributed by atoms with Gasteiger partial charge in [-0.2, -0.15) is 0 Å². The van der Waals surface area contributed by atoms with Gasteiger partial charge < -0.3 is 9.52 Å². The molecule has 0 saturated heterocycles. The van der Waals surface area contributed by atoms with Gasteiger partial charge in [-0.15, -0.1) is 10.2 Å². The Labute approximate surface area is 117 Å². The third-order valence-electron chi connectivity index (χ3n) is 2.49. The highest BCUT2D eigenvalue weighted by molar-refractivity contribution is 7.90. The molecule has 0 saturated carbocycles. The lowest BCUT2D eigenvalue weighted by molar-refractivity contribution is 0.0685. The van der Waals surface area contributed by atoms with Gasteiger partial charge in [-0.1, -0.05) is 0 Å². The molecule has 0 amide bonds. The first kappa shape index (κ1) is 15.0. The predicted molar refractivity (Wildman–Crippen MR) is 63.2 cm³/mol. The van der Waals surface area contributed by atoms with E-state index in [9.17, 15) is 22.0 Å². The number of carbonyl (C=O) groups is 1. The number of rotatable bonds is 4. The highest BCUT2D eigenvalue weighted by Crippen LogP contribution is 2.24. The first-order valence-electron chi connectivity index (χ1n) is 5.45. The predicted octanol–water partition coefficient (Wildman–Crippen LogP) is 1.33. The van der Waals surface area contributed by atoms with Crippen molar-refractivity contribution in [2.75, 3.05) is 0 Å². The molecule has 0 radical (unpaired) electrons. The van der Waals surface area contributed by atoms with E-state index in [1.54, 1.807) is 0 Å². The van der Waals surface area contributed by atoms with Crippen LogP contribution in [-0.2, 0) is 15.6 Å². The third kappa shape index (κ3) is 2.89. The van der Waals surface area contributed by atoms with Crippen LogP contribution in [0.25, 0.3) is 0 Å². The van der Waals surface area contributed by atoms with Crippen molar-refractivity contribution in [1.29, 1.82) is 0 Å². The minimum Gasteiger partial charge on any atom is -0.477 e. The molecule has 112 valence electrons. The first-order chi connectivity index (χ1) is 9.72. The second kappa shape index (κ2) is 5.20. The molecule has 21 heavy (non-hydrogen) atoms. The molecule has 1 N–H and O–H groups in total. The van der Waals surface area contributed by atoms with Crippen LogP contribution in [0.15, 0.2) is 21.4 Å². The molecule has 1 aromatic carbocycles. The molecule has 7 nitrogen and oxygen atoms in total. The highest BCUT2D eigenvalue weighted by Gasteiger charge is 2.28. The van der Waals surface area contributed by atoms with Gasteiger partial charge >= 0.3 is 5.97 Å². The fourth-order valence-corrected chi connectivity index (χ4v) is 2.85. The van der Waals surface area contributed by atoms with Gasteiger partial charge in [0.05, 0.1) is 0 Å². The van der Waals surface area contributed by atoms with Crippen molar-refractivity contribution in [3.05, 3.63) is 41.1 Å². The highest BCUT2D eigenvalue weighted by atomic mass is 32.2. The van der Waals surface area contributed by atoms with Crippen LogP contribution >= 0.6 is 0 Å². The van der Waals surface area contributed by atoms with Crippen LogP contribution in [0, 0.1) is 18.6 Å². The van der Waals surface area contributed by atoms with Crippen molar-refractivity contribution in [3.8, 4) is 0 Å². The van der Waals surface area contributed by atoms with Gasteiger partial charge in [0, 0.05) is 6.92 Å². The number of aryl methyl sites for hydroxylation is 1. The van der Waals surface area contributed by atoms with Gasteiger partial charge in [0.25, 0.3) is 0 Å². The Morgan fingerprint density at radius 2 is 2.00 bits per heavy atom. The van der Waals surface area contributed by atoms with E-state index >= 15 is 0 Å². The molecule has 10 heteroatoms. The lowest BCUT2D eigenvalue weighted by atomic mass is 10.2. The second-order valence-corrected chi connectivity index (χ2v) is 5.97. The van der Waals surface area contributed by atoms with Crippen molar-refractivity contribution in [2.24, 2.45) is 0 Å². The van der Waals surface area contributed by atoms with E-state index in [0.29, 0.717) is 12.1 Å². The average Bonchev–Trinajstić information content (AvgIpc) is 2.72. The van der Waals surface area contributed by atoms with Crippen LogP contribution in [0.2, 0.25) is 0 Å². The summed E-state index contributed by atoms with van der Waals surface area (Å²) < 4.78 is 56.1. The number of carboxylic acids is 1. The molecule has 0 aliphatic rings. The van der Waals surface area contributed by atoms with Gasteiger partial charge in [-0.25, -0.2) is 22.0 Å². The topological polar surface area (TPSA) is 110 Å². The summed E-state index contributed by atoms with van der Waals surface area (Å²) in [5, 5.41) is 15.6. The van der Waals surface area contributed by atoms with Crippen LogP contribution < -0.4 is 0 Å². The van der Waals surface area contributed by atoms with E-state index in [0.717, 1.165) is 0 Å². The zero-order valence-corrected chi connectivity index (χ0v) is 11.3. The summed E-state index contributed by atoms with van der Waals surface area (Å²) in [6.45, 7) is 1.43. The Hall–Kier alpha value is -2.36. The number of benzene rings is 1. The van der Waals surface area contributed by atoms with Crippen molar-refractivity contribution >= 4 is 15.8 Å². The van der Waals surface area contributed by atoms with Crippen molar-refractivity contribution < 1.29 is 31.5 Å². The quantitative estimate of drug-likeness (QED) is 0.846. The Morgan fingerprint density at radius 1 is 1.33 bits per heavy atom. The van der Waals surface area contributed by atoms with Crippen LogP contribution in [0.1, 0.15) is 22.1 Å². The number of aromatic carboxylic acids is 1. The summed E-state index contributed by atoms with van der Waals surface area (Å²) in [5.74, 6) is -5.93. The second-order valence-electron chi connectivity index (χ2n) is 4.01. The molecule has 0 spiro atoms. The van der Waals surface area contributed by atoms with Crippen LogP contribution in [0.4, 0.5) is 8.78 Å². The molecule has 0 aliphatic carbocycles. The SMILES string of the molecule is Cc1nnc(CS(=O)(=O)c2ccc(F)c(C(=O)O)c2F)o1. The van der Waals surface area contributed by atoms with Crippen LogP contribution in [-0.4, -0.2) is 29.7 Å². The zero-order valence-electron chi connectivity index (χ0n) is 10.5. The standard InChI is InChI=1S/C11H8F2N2O5S/c1-5-14-15-8(20-5)4-21(18,19)7-3-2-6(12)9(10(7)13)11(16)17/h2-3H,4H2,1H3,(H,16,17). The van der Waals surface area contributed by atoms with Gasteiger partial charge in [-0.05, 0) is 12.1 Å². The van der Waals surface area contributed by atoms with Gasteiger partial charge in [0.1, 0.15) is 22.0 Å². The summed E-state index contributed by atoms with van der Waals surface area (Å²) in [4.78, 5) is 9.82. The summed E-state index contributed by atoms with van der Waals surface area (Å²) in [7, 11) is -4.30. The molecule has 2 aromatic rings. The third-order valence-corrected chi connectivity index (χ3v) is 4.10. The normalized spacial score (nSPS) is 11.6. The fraction of sp³-hybridized carbons (Fsp3) is 0.182. The van der Waals surface area contributed by atoms with E-state index in [1.807, 2.05) is 0 Å². The minimum atomic E-state index is -4.30. The van der Waals surface area contributed by atoms with Gasteiger partial charge in [-0.3, -0.25) is 0 Å². The molecule has 0 unspecified atom stereocenters. The van der Waals surface area contributed by atoms with Crippen molar-refractivity contribution in [1.82, 2.24) is 10.2 Å². The summed E-state index contributed by atoms with van der Waals surface area (Å²) in [6.07, 6.45) is 0. The molecule has 0 fully saturated rings. The number of nitrogens with zero attached hydrogens (tertiary/aromatic N) is 2. The Bertz CT molecular complexity index is 816. The molecular weight excluding hydrogens is 310 g/mol. The van der Waals surface area contributed by atoms with E-state index in [1.165, 1.54) is 6.92 Å². The van der Waals surface area contributed by atoms with Gasteiger partial charge in [0.15, 0.2) is 15.7 Å². The average molecular weight is 318 g/mol. The maximum atomic E-state index is 13.9. The number of hydrogen-bond acceptors (Lipinski definition) is 6. The largest absolute Gasteiger partial charge is 0.477 e. The Morgan fingerprint density at radius 3 is 2.52 bits per heavy atom. The summed E-state index contributed by atoms with van der Waals surface area (Å²) in [6, 6.07) is 1.22. The minimum absolute atomic E-state index is 0.117. The molecule has 0 bridgehead atoms. The molecule has 0 atom stereocenters. The number of halogens is 2. The van der Waals surface area contributed by atoms with E-state index in [2.05, 4.69) is 10.2 Å². The van der Waals surface area contributed by atoms with Crippen molar-refractivity contribution in [3.63, 3.8) is 0 Å². The molecule has 1 aromatic heterocycles.